The number of carboxylic acids is 1. The first-order valence-corrected chi connectivity index (χ1v) is 7.61. The Morgan fingerprint density at radius 1 is 1.00 bits per heavy atom. The normalized spacial score (nSPS) is 12.1. The zero-order valence-corrected chi connectivity index (χ0v) is 12.4. The van der Waals surface area contributed by atoms with Crippen LogP contribution in [0.1, 0.15) is 71.6 Å². The van der Waals surface area contributed by atoms with Crippen LogP contribution in [0.25, 0.3) is 0 Å². The second-order valence-electron chi connectivity index (χ2n) is 5.15. The molecule has 0 bridgehead atoms. The number of carbonyl (C=O) groups is 2. The van der Waals surface area contributed by atoms with Gasteiger partial charge in [-0.2, -0.15) is 0 Å². The van der Waals surface area contributed by atoms with E-state index in [0.29, 0.717) is 12.8 Å². The second kappa shape index (κ2) is 12.0. The summed E-state index contributed by atoms with van der Waals surface area (Å²) in [5.74, 6) is -1.28. The molecule has 0 aliphatic heterocycles. The highest BCUT2D eigenvalue weighted by Crippen LogP contribution is 2.08. The van der Waals surface area contributed by atoms with Crippen LogP contribution in [0, 0.1) is 5.92 Å². The quantitative estimate of drug-likeness (QED) is 0.535. The molecule has 1 unspecified atom stereocenters. The summed E-state index contributed by atoms with van der Waals surface area (Å²) in [6.07, 6.45) is 8.88. The minimum absolute atomic E-state index is 0.0159. The van der Waals surface area contributed by atoms with Crippen molar-refractivity contribution < 1.29 is 14.7 Å². The van der Waals surface area contributed by atoms with Gasteiger partial charge in [-0.3, -0.25) is 9.59 Å². The summed E-state index contributed by atoms with van der Waals surface area (Å²) in [5, 5.41) is 11.7. The molecular formula is C15H29NO3. The highest BCUT2D eigenvalue weighted by atomic mass is 16.4. The molecule has 0 saturated heterocycles. The molecule has 0 aliphatic carbocycles. The Morgan fingerprint density at radius 2 is 1.63 bits per heavy atom. The Balaban J connectivity index is 3.59. The minimum Gasteiger partial charge on any atom is -0.481 e. The van der Waals surface area contributed by atoms with Crippen molar-refractivity contribution in [2.45, 2.75) is 71.6 Å². The molecule has 0 aromatic carbocycles. The van der Waals surface area contributed by atoms with Crippen molar-refractivity contribution in [3.8, 4) is 0 Å². The van der Waals surface area contributed by atoms with Crippen molar-refractivity contribution in [3.63, 3.8) is 0 Å². The van der Waals surface area contributed by atoms with Crippen LogP contribution in [0.2, 0.25) is 0 Å². The molecule has 0 spiro atoms. The average Bonchev–Trinajstić information content (AvgIpc) is 2.38. The van der Waals surface area contributed by atoms with Gasteiger partial charge in [-0.25, -0.2) is 0 Å². The summed E-state index contributed by atoms with van der Waals surface area (Å²) in [5.41, 5.74) is 0. The van der Waals surface area contributed by atoms with Gasteiger partial charge in [-0.1, -0.05) is 52.4 Å². The lowest BCUT2D eigenvalue weighted by Crippen LogP contribution is -2.32. The highest BCUT2D eigenvalue weighted by molar-refractivity contribution is 5.77. The number of nitrogens with one attached hydrogen (secondary N) is 1. The van der Waals surface area contributed by atoms with Crippen LogP contribution in [-0.4, -0.2) is 23.5 Å². The lowest BCUT2D eigenvalue weighted by atomic mass is 10.0. The van der Waals surface area contributed by atoms with E-state index in [4.69, 9.17) is 5.11 Å². The van der Waals surface area contributed by atoms with Gasteiger partial charge >= 0.3 is 5.97 Å². The number of rotatable bonds is 12. The van der Waals surface area contributed by atoms with E-state index in [1.165, 1.54) is 25.7 Å². The summed E-state index contributed by atoms with van der Waals surface area (Å²) < 4.78 is 0. The lowest BCUT2D eigenvalue weighted by molar-refractivity contribution is -0.141. The Bertz CT molecular complexity index is 254. The van der Waals surface area contributed by atoms with Crippen LogP contribution < -0.4 is 5.32 Å². The molecule has 0 aromatic rings. The number of hydrogen-bond acceptors (Lipinski definition) is 2. The van der Waals surface area contributed by atoms with Crippen molar-refractivity contribution in [2.75, 3.05) is 6.54 Å². The van der Waals surface area contributed by atoms with E-state index in [-0.39, 0.29) is 12.5 Å². The monoisotopic (exact) mass is 271 g/mol. The molecule has 1 amide bonds. The molecule has 0 saturated carbocycles. The molecule has 0 radical (unpaired) electrons. The molecule has 2 N–H and O–H groups in total. The number of carboxylic acid groups (broad SMARTS) is 1. The van der Waals surface area contributed by atoms with Crippen LogP contribution in [0.4, 0.5) is 0 Å². The number of hydrogen-bond donors (Lipinski definition) is 2. The molecule has 0 aliphatic rings. The second-order valence-corrected chi connectivity index (χ2v) is 5.15. The van der Waals surface area contributed by atoms with Crippen LogP contribution in [0.15, 0.2) is 0 Å². The Kier molecular flexibility index (Phi) is 11.3. The van der Waals surface area contributed by atoms with Crippen LogP contribution in [0.3, 0.4) is 0 Å². The molecule has 0 rings (SSSR count). The Hall–Kier alpha value is -1.06. The number of amides is 1. The van der Waals surface area contributed by atoms with Gasteiger partial charge in [0.2, 0.25) is 5.91 Å². The molecule has 0 aromatic heterocycles. The third-order valence-electron chi connectivity index (χ3n) is 3.29. The lowest BCUT2D eigenvalue weighted by Gasteiger charge is -2.12. The molecule has 19 heavy (non-hydrogen) atoms. The maximum absolute atomic E-state index is 11.6. The summed E-state index contributed by atoms with van der Waals surface area (Å²) in [6, 6.07) is 0. The highest BCUT2D eigenvalue weighted by Gasteiger charge is 2.16. The maximum Gasteiger partial charge on any atom is 0.308 e. The molecule has 112 valence electrons. The van der Waals surface area contributed by atoms with Gasteiger partial charge in [0.1, 0.15) is 0 Å². The van der Waals surface area contributed by atoms with Crippen molar-refractivity contribution >= 4 is 11.9 Å². The molecule has 1 atom stereocenters. The predicted molar refractivity (Wildman–Crippen MR) is 77.0 cm³/mol. The van der Waals surface area contributed by atoms with Crippen molar-refractivity contribution in [2.24, 2.45) is 5.92 Å². The van der Waals surface area contributed by atoms with E-state index in [0.717, 1.165) is 19.3 Å². The van der Waals surface area contributed by atoms with Gasteiger partial charge in [0.15, 0.2) is 0 Å². The third-order valence-corrected chi connectivity index (χ3v) is 3.29. The number of aliphatic carboxylic acids is 1. The van der Waals surface area contributed by atoms with E-state index >= 15 is 0 Å². The fourth-order valence-corrected chi connectivity index (χ4v) is 2.05. The van der Waals surface area contributed by atoms with E-state index in [2.05, 4.69) is 12.2 Å². The first-order chi connectivity index (χ1) is 9.11. The van der Waals surface area contributed by atoms with E-state index in [1.54, 1.807) is 0 Å². The minimum atomic E-state index is -0.818. The van der Waals surface area contributed by atoms with Gasteiger partial charge in [0.05, 0.1) is 5.92 Å². The fourth-order valence-electron chi connectivity index (χ4n) is 2.05. The zero-order chi connectivity index (χ0) is 14.5. The van der Waals surface area contributed by atoms with E-state index in [1.807, 2.05) is 6.92 Å². The van der Waals surface area contributed by atoms with Gasteiger partial charge in [-0.15, -0.1) is 0 Å². The van der Waals surface area contributed by atoms with Gasteiger partial charge in [-0.05, 0) is 12.8 Å². The van der Waals surface area contributed by atoms with Gasteiger partial charge in [0, 0.05) is 13.0 Å². The summed E-state index contributed by atoms with van der Waals surface area (Å²) in [6.45, 7) is 4.40. The van der Waals surface area contributed by atoms with Crippen LogP contribution >= 0.6 is 0 Å². The average molecular weight is 271 g/mol. The van der Waals surface area contributed by atoms with E-state index in [9.17, 15) is 9.59 Å². The largest absolute Gasteiger partial charge is 0.481 e. The van der Waals surface area contributed by atoms with Gasteiger partial charge < -0.3 is 10.4 Å². The molecule has 4 heteroatoms. The maximum atomic E-state index is 11.6. The molecule has 0 heterocycles. The third kappa shape index (κ3) is 10.5. The predicted octanol–water partition coefficient (Wildman–Crippen LogP) is 3.35. The number of unbranched alkanes of at least 4 members (excludes halogenated alkanes) is 5. The van der Waals surface area contributed by atoms with Crippen molar-refractivity contribution in [1.82, 2.24) is 5.32 Å². The smallest absolute Gasteiger partial charge is 0.308 e. The molecule has 0 fully saturated rings. The summed E-state index contributed by atoms with van der Waals surface area (Å²) in [4.78, 5) is 22.5. The first-order valence-electron chi connectivity index (χ1n) is 7.61. The summed E-state index contributed by atoms with van der Waals surface area (Å²) in [7, 11) is 0. The standard InChI is InChI=1S/C15H29NO3/c1-3-5-6-7-8-9-11-14(17)16-12-13(10-4-2)15(18)19/h13H,3-12H2,1-2H3,(H,16,17)(H,18,19). The topological polar surface area (TPSA) is 66.4 Å². The van der Waals surface area contributed by atoms with Gasteiger partial charge in [0.25, 0.3) is 0 Å². The number of carbonyl (C=O) groups excluding carboxylic acids is 1. The van der Waals surface area contributed by atoms with Crippen LogP contribution in [0.5, 0.6) is 0 Å². The summed E-state index contributed by atoms with van der Waals surface area (Å²) >= 11 is 0. The molecular weight excluding hydrogens is 242 g/mol. The zero-order valence-electron chi connectivity index (χ0n) is 12.4. The SMILES string of the molecule is CCCCCCCCC(=O)NCC(CCC)C(=O)O. The Morgan fingerprint density at radius 3 is 2.21 bits per heavy atom. The van der Waals surface area contributed by atoms with Crippen molar-refractivity contribution in [3.05, 3.63) is 0 Å². The first kappa shape index (κ1) is 17.9. The van der Waals surface area contributed by atoms with Crippen LogP contribution in [-0.2, 0) is 9.59 Å². The Labute approximate surface area is 117 Å². The molecule has 4 nitrogen and oxygen atoms in total. The fraction of sp³-hybridized carbons (Fsp3) is 0.867. The van der Waals surface area contributed by atoms with E-state index < -0.39 is 11.9 Å². The van der Waals surface area contributed by atoms with Crippen molar-refractivity contribution in [1.29, 1.82) is 0 Å².